The predicted molar refractivity (Wildman–Crippen MR) is 106 cm³/mol. The van der Waals surface area contributed by atoms with E-state index in [4.69, 9.17) is 4.74 Å². The maximum Gasteiger partial charge on any atom is 0.240 e. The van der Waals surface area contributed by atoms with Gasteiger partial charge >= 0.3 is 0 Å². The van der Waals surface area contributed by atoms with Crippen LogP contribution in [0.3, 0.4) is 0 Å². The van der Waals surface area contributed by atoms with Gasteiger partial charge in [-0.15, -0.1) is 0 Å². The van der Waals surface area contributed by atoms with E-state index in [0.29, 0.717) is 30.8 Å². The Morgan fingerprint density at radius 2 is 1.81 bits per heavy atom. The number of carbonyl (C=O) groups excluding carboxylic acids is 1. The smallest absolute Gasteiger partial charge is 0.240 e. The van der Waals surface area contributed by atoms with Gasteiger partial charge in [0.05, 0.1) is 12.0 Å². The molecule has 2 aromatic rings. The second-order valence-electron chi connectivity index (χ2n) is 6.67. The summed E-state index contributed by atoms with van der Waals surface area (Å²) in [6.45, 7) is 4.29. The number of carbonyl (C=O) groups is 1. The van der Waals surface area contributed by atoms with E-state index in [1.807, 2.05) is 13.8 Å². The molecule has 0 heterocycles. The van der Waals surface area contributed by atoms with E-state index < -0.39 is 10.0 Å². The summed E-state index contributed by atoms with van der Waals surface area (Å²) in [6.07, 6.45) is 0.824. The van der Waals surface area contributed by atoms with E-state index in [-0.39, 0.29) is 16.7 Å². The van der Waals surface area contributed by atoms with Crippen molar-refractivity contribution < 1.29 is 17.9 Å². The fraction of sp³-hybridized carbons (Fsp3) is 0.350. The van der Waals surface area contributed by atoms with Crippen molar-refractivity contribution in [3.05, 3.63) is 54.1 Å². The normalized spacial score (nSPS) is 11.4. The molecule has 0 saturated heterocycles. The molecule has 0 fully saturated rings. The number of sulfonamides is 1. The lowest BCUT2D eigenvalue weighted by Crippen LogP contribution is -2.27. The molecular formula is C20H26N2O4S. The summed E-state index contributed by atoms with van der Waals surface area (Å²) in [7, 11) is -1.92. The molecule has 0 radical (unpaired) electrons. The van der Waals surface area contributed by atoms with E-state index in [2.05, 4.69) is 10.0 Å². The average Bonchev–Trinajstić information content (AvgIpc) is 2.65. The zero-order chi connectivity index (χ0) is 19.9. The van der Waals surface area contributed by atoms with Gasteiger partial charge in [-0.2, -0.15) is 0 Å². The minimum atomic E-state index is -3.49. The molecular weight excluding hydrogens is 364 g/mol. The molecule has 146 valence electrons. The van der Waals surface area contributed by atoms with Crippen molar-refractivity contribution in [3.8, 4) is 5.75 Å². The maximum atomic E-state index is 12.2. The van der Waals surface area contributed by atoms with Crippen LogP contribution >= 0.6 is 0 Å². The summed E-state index contributed by atoms with van der Waals surface area (Å²) in [5, 5.41) is 2.82. The van der Waals surface area contributed by atoms with Crippen LogP contribution in [0.4, 0.5) is 5.69 Å². The third-order valence-electron chi connectivity index (χ3n) is 3.91. The fourth-order valence-corrected chi connectivity index (χ4v) is 3.59. The molecule has 0 unspecified atom stereocenters. The molecule has 2 aromatic carbocycles. The third-order valence-corrected chi connectivity index (χ3v) is 5.35. The zero-order valence-electron chi connectivity index (χ0n) is 15.9. The van der Waals surface area contributed by atoms with Gasteiger partial charge in [-0.05, 0) is 42.2 Å². The molecule has 0 aromatic heterocycles. The van der Waals surface area contributed by atoms with Crippen LogP contribution in [0.1, 0.15) is 25.8 Å². The van der Waals surface area contributed by atoms with Gasteiger partial charge in [-0.25, -0.2) is 13.1 Å². The summed E-state index contributed by atoms with van der Waals surface area (Å²) in [5.41, 5.74) is 1.58. The van der Waals surface area contributed by atoms with Crippen LogP contribution < -0.4 is 14.8 Å². The van der Waals surface area contributed by atoms with Crippen molar-refractivity contribution in [2.24, 2.45) is 5.92 Å². The number of nitrogens with one attached hydrogen (secondary N) is 2. The van der Waals surface area contributed by atoms with Crippen molar-refractivity contribution in [3.63, 3.8) is 0 Å². The largest absolute Gasteiger partial charge is 0.497 e. The first kappa shape index (κ1) is 20.9. The Hall–Kier alpha value is -2.38. The van der Waals surface area contributed by atoms with Crippen molar-refractivity contribution in [1.82, 2.24) is 4.72 Å². The van der Waals surface area contributed by atoms with Gasteiger partial charge in [0, 0.05) is 24.7 Å². The number of aryl methyl sites for hydroxylation is 1. The van der Waals surface area contributed by atoms with Gasteiger partial charge in [0.1, 0.15) is 5.75 Å². The molecule has 27 heavy (non-hydrogen) atoms. The third kappa shape index (κ3) is 6.69. The van der Waals surface area contributed by atoms with E-state index in [9.17, 15) is 13.2 Å². The topological polar surface area (TPSA) is 84.5 Å². The molecule has 7 heteroatoms. The predicted octanol–water partition coefficient (Wildman–Crippen LogP) is 3.20. The monoisotopic (exact) mass is 390 g/mol. The summed E-state index contributed by atoms with van der Waals surface area (Å²) >= 11 is 0. The number of methoxy groups -OCH3 is 1. The van der Waals surface area contributed by atoms with E-state index in [1.54, 1.807) is 55.6 Å². The van der Waals surface area contributed by atoms with Crippen molar-refractivity contribution in [2.75, 3.05) is 19.0 Å². The Balaban J connectivity index is 1.89. The van der Waals surface area contributed by atoms with Crippen LogP contribution in [0.15, 0.2) is 53.4 Å². The Morgan fingerprint density at radius 3 is 2.44 bits per heavy atom. The van der Waals surface area contributed by atoms with Crippen LogP contribution in [0.5, 0.6) is 5.75 Å². The maximum absolute atomic E-state index is 12.2. The van der Waals surface area contributed by atoms with Gasteiger partial charge in [-0.1, -0.05) is 32.0 Å². The second-order valence-corrected chi connectivity index (χ2v) is 8.44. The second kappa shape index (κ2) is 9.53. The van der Waals surface area contributed by atoms with Crippen LogP contribution in [-0.2, 0) is 21.2 Å². The zero-order valence-corrected chi connectivity index (χ0v) is 16.7. The lowest BCUT2D eigenvalue weighted by molar-refractivity contribution is -0.116. The minimum Gasteiger partial charge on any atom is -0.497 e. The lowest BCUT2D eigenvalue weighted by atomic mass is 10.1. The molecule has 0 atom stereocenters. The number of benzene rings is 2. The average molecular weight is 391 g/mol. The Bertz CT molecular complexity index is 862. The van der Waals surface area contributed by atoms with E-state index in [1.165, 1.54) is 0 Å². The van der Waals surface area contributed by atoms with Crippen molar-refractivity contribution >= 4 is 21.6 Å². The highest BCUT2D eigenvalue weighted by molar-refractivity contribution is 7.89. The number of hydrogen-bond acceptors (Lipinski definition) is 4. The quantitative estimate of drug-likeness (QED) is 0.689. The van der Waals surface area contributed by atoms with Gasteiger partial charge < -0.3 is 10.1 Å². The molecule has 0 aliphatic carbocycles. The molecule has 0 spiro atoms. The number of amides is 1. The van der Waals surface area contributed by atoms with Gasteiger partial charge in [0.2, 0.25) is 15.9 Å². The van der Waals surface area contributed by atoms with Crippen molar-refractivity contribution in [1.29, 1.82) is 0 Å². The van der Waals surface area contributed by atoms with Crippen LogP contribution in [0, 0.1) is 5.92 Å². The molecule has 0 aliphatic rings. The highest BCUT2D eigenvalue weighted by atomic mass is 32.2. The lowest BCUT2D eigenvalue weighted by Gasteiger charge is -2.10. The van der Waals surface area contributed by atoms with Crippen LogP contribution in [0.25, 0.3) is 0 Å². The summed E-state index contributed by atoms with van der Waals surface area (Å²) < 4.78 is 32.1. The first-order chi connectivity index (χ1) is 12.8. The summed E-state index contributed by atoms with van der Waals surface area (Å²) in [4.78, 5) is 12.3. The Kier molecular flexibility index (Phi) is 7.38. The first-order valence-corrected chi connectivity index (χ1v) is 10.3. The number of hydrogen-bond donors (Lipinski definition) is 2. The molecule has 0 bridgehead atoms. The Morgan fingerprint density at radius 1 is 1.11 bits per heavy atom. The molecule has 1 amide bonds. The Labute approximate surface area is 161 Å². The minimum absolute atomic E-state index is 0.112. The van der Waals surface area contributed by atoms with E-state index >= 15 is 0 Å². The summed E-state index contributed by atoms with van der Waals surface area (Å²) in [6, 6.07) is 13.8. The number of anilines is 1. The van der Waals surface area contributed by atoms with E-state index in [0.717, 1.165) is 5.56 Å². The van der Waals surface area contributed by atoms with Crippen LogP contribution in [-0.4, -0.2) is 28.0 Å². The van der Waals surface area contributed by atoms with Gasteiger partial charge in [0.15, 0.2) is 0 Å². The highest BCUT2D eigenvalue weighted by Gasteiger charge is 2.14. The molecule has 0 aliphatic heterocycles. The molecule has 2 rings (SSSR count). The highest BCUT2D eigenvalue weighted by Crippen LogP contribution is 2.17. The van der Waals surface area contributed by atoms with Gasteiger partial charge in [0.25, 0.3) is 0 Å². The molecule has 2 N–H and O–H groups in total. The fourth-order valence-electron chi connectivity index (χ4n) is 2.38. The first-order valence-electron chi connectivity index (χ1n) is 8.82. The molecule has 0 saturated carbocycles. The van der Waals surface area contributed by atoms with Crippen LogP contribution in [0.2, 0.25) is 0 Å². The summed E-state index contributed by atoms with van der Waals surface area (Å²) in [5.74, 6) is 0.802. The van der Waals surface area contributed by atoms with Gasteiger partial charge in [-0.3, -0.25) is 4.79 Å². The standard InChI is InChI=1S/C20H26N2O4S/c1-15(2)14-21-27(24,25)19-10-7-16(8-11-19)9-12-20(23)22-17-5-4-6-18(13-17)26-3/h4-8,10-11,13,15,21H,9,12,14H2,1-3H3,(H,22,23). The SMILES string of the molecule is COc1cccc(NC(=O)CCc2ccc(S(=O)(=O)NCC(C)C)cc2)c1. The molecule has 6 nitrogen and oxygen atoms in total. The number of rotatable bonds is 9. The van der Waals surface area contributed by atoms with Crippen molar-refractivity contribution in [2.45, 2.75) is 31.6 Å². The number of ether oxygens (including phenoxy) is 1.